The molecule has 2 aromatic rings. The summed E-state index contributed by atoms with van der Waals surface area (Å²) in [4.78, 5) is 0. The van der Waals surface area contributed by atoms with Gasteiger partial charge in [0.25, 0.3) is 0 Å². The third kappa shape index (κ3) is 1.39. The van der Waals surface area contributed by atoms with Gasteiger partial charge in [0, 0.05) is 12.4 Å². The second-order valence-corrected chi connectivity index (χ2v) is 3.98. The van der Waals surface area contributed by atoms with Crippen LogP contribution in [0, 0.1) is 11.3 Å². The fraction of sp³-hybridized carbons (Fsp3) is 0.333. The van der Waals surface area contributed by atoms with Gasteiger partial charge in [-0.2, -0.15) is 10.4 Å². The molecule has 1 aromatic carbocycles. The van der Waals surface area contributed by atoms with Gasteiger partial charge in [-0.15, -0.1) is 0 Å². The summed E-state index contributed by atoms with van der Waals surface area (Å²) >= 11 is 0. The van der Waals surface area contributed by atoms with E-state index in [-0.39, 0.29) is 0 Å². The van der Waals surface area contributed by atoms with Crippen molar-refractivity contribution in [2.75, 3.05) is 0 Å². The van der Waals surface area contributed by atoms with Gasteiger partial charge in [0.2, 0.25) is 0 Å². The van der Waals surface area contributed by atoms with E-state index in [1.807, 2.05) is 25.2 Å². The minimum atomic E-state index is 0.377. The van der Waals surface area contributed by atoms with Crippen LogP contribution in [-0.4, -0.2) is 9.78 Å². The summed E-state index contributed by atoms with van der Waals surface area (Å²) in [7, 11) is 1.88. The number of para-hydroxylation sites is 1. The summed E-state index contributed by atoms with van der Waals surface area (Å²) in [6, 6.07) is 7.97. The summed E-state index contributed by atoms with van der Waals surface area (Å²) in [5.74, 6) is 0.377. The van der Waals surface area contributed by atoms with Gasteiger partial charge in [0.15, 0.2) is 0 Å². The lowest BCUT2D eigenvalue weighted by Crippen LogP contribution is -1.93. The van der Waals surface area contributed by atoms with E-state index in [1.165, 1.54) is 0 Å². The van der Waals surface area contributed by atoms with Crippen LogP contribution in [0.25, 0.3) is 10.9 Å². The molecule has 0 fully saturated rings. The summed E-state index contributed by atoms with van der Waals surface area (Å²) in [6.45, 7) is 4.22. The highest BCUT2D eigenvalue weighted by Crippen LogP contribution is 2.26. The second-order valence-electron chi connectivity index (χ2n) is 3.98. The van der Waals surface area contributed by atoms with Crippen molar-refractivity contribution in [3.63, 3.8) is 0 Å². The molecule has 3 heteroatoms. The number of nitriles is 1. The fourth-order valence-electron chi connectivity index (χ4n) is 1.88. The molecule has 0 radical (unpaired) electrons. The molecule has 0 N–H and O–H groups in total. The zero-order valence-electron chi connectivity index (χ0n) is 9.15. The average Bonchev–Trinajstić information content (AvgIpc) is 2.56. The second kappa shape index (κ2) is 3.39. The van der Waals surface area contributed by atoms with Crippen molar-refractivity contribution in [3.05, 3.63) is 29.5 Å². The molecule has 76 valence electrons. The molecular weight excluding hydrogens is 186 g/mol. The van der Waals surface area contributed by atoms with E-state index < -0.39 is 0 Å². The maximum Gasteiger partial charge on any atom is 0.101 e. The highest BCUT2D eigenvalue weighted by Gasteiger charge is 2.13. The standard InChI is InChI=1S/C12H13N3/c1-8(2)11-10-6-4-5-9(7-13)12(10)15(3)14-11/h4-6,8H,1-3H3. The minimum absolute atomic E-state index is 0.377. The van der Waals surface area contributed by atoms with Crippen LogP contribution in [-0.2, 0) is 7.05 Å². The van der Waals surface area contributed by atoms with Gasteiger partial charge in [0.1, 0.15) is 6.07 Å². The number of benzene rings is 1. The maximum atomic E-state index is 9.02. The van der Waals surface area contributed by atoms with Gasteiger partial charge >= 0.3 is 0 Å². The first-order valence-electron chi connectivity index (χ1n) is 5.01. The lowest BCUT2D eigenvalue weighted by Gasteiger charge is -1.99. The molecule has 0 unspecified atom stereocenters. The number of hydrogen-bond donors (Lipinski definition) is 0. The Labute approximate surface area is 88.9 Å². The van der Waals surface area contributed by atoms with Crippen LogP contribution in [0.4, 0.5) is 0 Å². The van der Waals surface area contributed by atoms with Crippen LogP contribution >= 0.6 is 0 Å². The Bertz CT molecular complexity index is 544. The van der Waals surface area contributed by atoms with Gasteiger partial charge in [-0.25, -0.2) is 0 Å². The predicted octanol–water partition coefficient (Wildman–Crippen LogP) is 2.57. The first kappa shape index (κ1) is 9.72. The summed E-state index contributed by atoms with van der Waals surface area (Å²) in [5, 5.41) is 14.6. The monoisotopic (exact) mass is 199 g/mol. The molecule has 1 heterocycles. The molecule has 0 saturated heterocycles. The van der Waals surface area contributed by atoms with Crippen molar-refractivity contribution in [2.24, 2.45) is 7.05 Å². The van der Waals surface area contributed by atoms with Crippen LogP contribution in [0.2, 0.25) is 0 Å². The van der Waals surface area contributed by atoms with E-state index in [0.717, 1.165) is 16.6 Å². The van der Waals surface area contributed by atoms with Gasteiger partial charge in [-0.3, -0.25) is 4.68 Å². The van der Waals surface area contributed by atoms with Crippen molar-refractivity contribution in [1.29, 1.82) is 5.26 Å². The predicted molar refractivity (Wildman–Crippen MR) is 59.5 cm³/mol. The number of nitrogens with zero attached hydrogens (tertiary/aromatic N) is 3. The number of rotatable bonds is 1. The van der Waals surface area contributed by atoms with Gasteiger partial charge in [-0.05, 0) is 12.0 Å². The van der Waals surface area contributed by atoms with E-state index in [2.05, 4.69) is 25.0 Å². The lowest BCUT2D eigenvalue weighted by molar-refractivity contribution is 0.728. The molecule has 0 atom stereocenters. The molecule has 0 amide bonds. The van der Waals surface area contributed by atoms with Gasteiger partial charge in [0.05, 0.1) is 16.8 Å². The Morgan fingerprint density at radius 1 is 1.40 bits per heavy atom. The molecule has 3 nitrogen and oxygen atoms in total. The van der Waals surface area contributed by atoms with E-state index >= 15 is 0 Å². The Morgan fingerprint density at radius 2 is 2.13 bits per heavy atom. The van der Waals surface area contributed by atoms with Gasteiger partial charge < -0.3 is 0 Å². The lowest BCUT2D eigenvalue weighted by atomic mass is 10.0. The molecule has 0 aliphatic carbocycles. The molecule has 0 spiro atoms. The van der Waals surface area contributed by atoms with Crippen LogP contribution in [0.3, 0.4) is 0 Å². The Morgan fingerprint density at radius 3 is 2.73 bits per heavy atom. The van der Waals surface area contributed by atoms with E-state index in [4.69, 9.17) is 5.26 Å². The fourth-order valence-corrected chi connectivity index (χ4v) is 1.88. The molecule has 0 aliphatic rings. The number of aromatic nitrogens is 2. The zero-order chi connectivity index (χ0) is 11.0. The summed E-state index contributed by atoms with van der Waals surface area (Å²) in [5.41, 5.74) is 2.68. The summed E-state index contributed by atoms with van der Waals surface area (Å²) < 4.78 is 1.79. The number of hydrogen-bond acceptors (Lipinski definition) is 2. The SMILES string of the molecule is CC(C)c1nn(C)c2c(C#N)cccc12. The van der Waals surface area contributed by atoms with Crippen LogP contribution in [0.5, 0.6) is 0 Å². The molecule has 1 aromatic heterocycles. The molecule has 0 aliphatic heterocycles. The quantitative estimate of drug-likeness (QED) is 0.708. The van der Waals surface area contributed by atoms with E-state index in [0.29, 0.717) is 11.5 Å². The van der Waals surface area contributed by atoms with Crippen LogP contribution in [0.15, 0.2) is 18.2 Å². The highest BCUT2D eigenvalue weighted by atomic mass is 15.3. The first-order chi connectivity index (χ1) is 7.15. The minimum Gasteiger partial charge on any atom is -0.266 e. The highest BCUT2D eigenvalue weighted by molar-refractivity contribution is 5.87. The van der Waals surface area contributed by atoms with Crippen molar-refractivity contribution < 1.29 is 0 Å². The normalized spacial score (nSPS) is 10.9. The summed E-state index contributed by atoms with van der Waals surface area (Å²) in [6.07, 6.45) is 0. The number of aryl methyl sites for hydroxylation is 1. The van der Waals surface area contributed by atoms with E-state index in [1.54, 1.807) is 4.68 Å². The molecule has 0 bridgehead atoms. The first-order valence-corrected chi connectivity index (χ1v) is 5.01. The van der Waals surface area contributed by atoms with Crippen LogP contribution < -0.4 is 0 Å². The Kier molecular flexibility index (Phi) is 2.20. The molecule has 0 saturated carbocycles. The smallest absolute Gasteiger partial charge is 0.101 e. The topological polar surface area (TPSA) is 41.6 Å². The number of fused-ring (bicyclic) bond motifs is 1. The largest absolute Gasteiger partial charge is 0.266 e. The van der Waals surface area contributed by atoms with Crippen molar-refractivity contribution in [3.8, 4) is 6.07 Å². The third-order valence-corrected chi connectivity index (χ3v) is 2.56. The van der Waals surface area contributed by atoms with Crippen LogP contribution in [0.1, 0.15) is 31.0 Å². The molecule has 2 rings (SSSR count). The van der Waals surface area contributed by atoms with Crippen molar-refractivity contribution >= 4 is 10.9 Å². The Hall–Kier alpha value is -1.82. The molecule has 15 heavy (non-hydrogen) atoms. The van der Waals surface area contributed by atoms with Gasteiger partial charge in [-0.1, -0.05) is 26.0 Å². The van der Waals surface area contributed by atoms with E-state index in [9.17, 15) is 0 Å². The molecular formula is C12H13N3. The van der Waals surface area contributed by atoms with Crippen molar-refractivity contribution in [1.82, 2.24) is 9.78 Å². The zero-order valence-corrected chi connectivity index (χ0v) is 9.15. The average molecular weight is 199 g/mol. The Balaban J connectivity index is 2.87. The third-order valence-electron chi connectivity index (χ3n) is 2.56. The van der Waals surface area contributed by atoms with Crippen molar-refractivity contribution in [2.45, 2.75) is 19.8 Å². The maximum absolute atomic E-state index is 9.02.